The molecule has 0 unspecified atom stereocenters. The van der Waals surface area contributed by atoms with Crippen LogP contribution in [0.4, 0.5) is 0 Å². The van der Waals surface area contributed by atoms with Gasteiger partial charge in [0, 0.05) is 4.47 Å². The van der Waals surface area contributed by atoms with Gasteiger partial charge in [-0.1, -0.05) is 22.0 Å². The van der Waals surface area contributed by atoms with E-state index >= 15 is 0 Å². The number of halogens is 1. The number of hydrazine groups is 1. The Bertz CT molecular complexity index is 727. The van der Waals surface area contributed by atoms with Gasteiger partial charge >= 0.3 is 0 Å². The number of carbonyl (C=O) groups excluding carboxylic acids is 1. The smallest absolute Gasteiger partial charge is 0.273 e. The van der Waals surface area contributed by atoms with Crippen LogP contribution in [0.25, 0.3) is 5.70 Å². The quantitative estimate of drug-likeness (QED) is 0.698. The summed E-state index contributed by atoms with van der Waals surface area (Å²) in [6, 6.07) is 12.1. The molecule has 0 aliphatic heterocycles. The monoisotopic (exact) mass is 376 g/mol. The van der Waals surface area contributed by atoms with Gasteiger partial charge in [0.25, 0.3) is 5.91 Å². The second-order valence-electron chi connectivity index (χ2n) is 4.67. The molecule has 0 aliphatic rings. The van der Waals surface area contributed by atoms with Gasteiger partial charge in [-0.05, 0) is 55.0 Å². The third-order valence-corrected chi connectivity index (χ3v) is 3.70. The van der Waals surface area contributed by atoms with Crippen molar-refractivity contribution in [1.82, 2.24) is 10.9 Å². The number of rotatable bonds is 5. The van der Waals surface area contributed by atoms with E-state index in [1.165, 1.54) is 6.07 Å². The average molecular weight is 377 g/mol. The molecule has 0 atom stereocenters. The molecule has 0 spiro atoms. The summed E-state index contributed by atoms with van der Waals surface area (Å²) in [7, 11) is 1.61. The molecule has 6 heteroatoms. The molecule has 2 rings (SSSR count). The number of methoxy groups -OCH3 is 1. The Kier molecular flexibility index (Phi) is 5.65. The van der Waals surface area contributed by atoms with E-state index < -0.39 is 5.91 Å². The molecule has 0 fully saturated rings. The van der Waals surface area contributed by atoms with E-state index in [0.29, 0.717) is 4.47 Å². The van der Waals surface area contributed by atoms with Crippen LogP contribution in [0.15, 0.2) is 53.0 Å². The molecule has 2 aromatic rings. The van der Waals surface area contributed by atoms with Crippen LogP contribution in [-0.2, 0) is 0 Å². The van der Waals surface area contributed by atoms with Crippen LogP contribution in [0, 0.1) is 0 Å². The van der Waals surface area contributed by atoms with Crippen molar-refractivity contribution < 1.29 is 14.6 Å². The molecule has 1 amide bonds. The number of ether oxygens (including phenoxy) is 1. The van der Waals surface area contributed by atoms with Crippen molar-refractivity contribution in [2.45, 2.75) is 6.92 Å². The highest BCUT2D eigenvalue weighted by molar-refractivity contribution is 9.10. The van der Waals surface area contributed by atoms with Crippen molar-refractivity contribution in [3.63, 3.8) is 0 Å². The second-order valence-corrected chi connectivity index (χ2v) is 5.59. The molecule has 0 heterocycles. The number of hydrogen-bond acceptors (Lipinski definition) is 4. The first-order valence-electron chi connectivity index (χ1n) is 6.90. The zero-order chi connectivity index (χ0) is 16.8. The predicted octanol–water partition coefficient (Wildman–Crippen LogP) is 3.46. The number of amides is 1. The lowest BCUT2D eigenvalue weighted by Crippen LogP contribution is -2.36. The van der Waals surface area contributed by atoms with Crippen molar-refractivity contribution in [3.8, 4) is 11.5 Å². The number of phenols is 1. The molecule has 23 heavy (non-hydrogen) atoms. The summed E-state index contributed by atoms with van der Waals surface area (Å²) < 4.78 is 5.83. The van der Waals surface area contributed by atoms with E-state index in [1.807, 2.05) is 37.3 Å². The van der Waals surface area contributed by atoms with Crippen LogP contribution in [0.5, 0.6) is 11.5 Å². The lowest BCUT2D eigenvalue weighted by atomic mass is 10.1. The van der Waals surface area contributed by atoms with Crippen LogP contribution >= 0.6 is 15.9 Å². The van der Waals surface area contributed by atoms with E-state index in [0.717, 1.165) is 17.0 Å². The zero-order valence-electron chi connectivity index (χ0n) is 12.8. The first kappa shape index (κ1) is 16.9. The minimum Gasteiger partial charge on any atom is -0.507 e. The number of allylic oxidation sites excluding steroid dienone is 1. The van der Waals surface area contributed by atoms with Gasteiger partial charge in [-0.25, -0.2) is 0 Å². The Labute approximate surface area is 143 Å². The fraction of sp³-hybridized carbons (Fsp3) is 0.118. The van der Waals surface area contributed by atoms with Crippen molar-refractivity contribution in [1.29, 1.82) is 0 Å². The standard InChI is InChI=1S/C17H17BrN2O3/c1-3-15(11-4-7-13(23-2)8-5-11)19-20-17(22)14-10-12(18)6-9-16(14)21/h3-10,19,21H,1-2H3,(H,20,22)/b15-3-. The summed E-state index contributed by atoms with van der Waals surface area (Å²) in [4.78, 5) is 12.2. The minimum absolute atomic E-state index is 0.0843. The van der Waals surface area contributed by atoms with Crippen LogP contribution in [0.1, 0.15) is 22.8 Å². The lowest BCUT2D eigenvalue weighted by Gasteiger charge is -2.13. The highest BCUT2D eigenvalue weighted by Crippen LogP contribution is 2.22. The lowest BCUT2D eigenvalue weighted by molar-refractivity contribution is 0.0939. The summed E-state index contributed by atoms with van der Waals surface area (Å²) in [5.41, 5.74) is 7.24. The third-order valence-electron chi connectivity index (χ3n) is 3.20. The van der Waals surface area contributed by atoms with Gasteiger partial charge in [-0.15, -0.1) is 0 Å². The Hall–Kier alpha value is -2.47. The van der Waals surface area contributed by atoms with Crippen LogP contribution in [0.3, 0.4) is 0 Å². The second kappa shape index (κ2) is 7.69. The molecule has 0 saturated heterocycles. The van der Waals surface area contributed by atoms with Gasteiger partial charge < -0.3 is 9.84 Å². The first-order valence-corrected chi connectivity index (χ1v) is 7.70. The third kappa shape index (κ3) is 4.26. The Morgan fingerprint density at radius 3 is 2.48 bits per heavy atom. The van der Waals surface area contributed by atoms with Gasteiger partial charge in [0.15, 0.2) is 0 Å². The van der Waals surface area contributed by atoms with Crippen LogP contribution in [0.2, 0.25) is 0 Å². The maximum atomic E-state index is 12.2. The summed E-state index contributed by atoms with van der Waals surface area (Å²) in [5.74, 6) is 0.239. The molecule has 2 aromatic carbocycles. The first-order chi connectivity index (χ1) is 11.0. The maximum Gasteiger partial charge on any atom is 0.273 e. The Morgan fingerprint density at radius 2 is 1.87 bits per heavy atom. The molecule has 0 aliphatic carbocycles. The fourth-order valence-corrected chi connectivity index (χ4v) is 2.32. The van der Waals surface area contributed by atoms with Crippen LogP contribution < -0.4 is 15.6 Å². The Balaban J connectivity index is 2.08. The topological polar surface area (TPSA) is 70.6 Å². The number of benzene rings is 2. The van der Waals surface area contributed by atoms with Gasteiger partial charge in [-0.2, -0.15) is 0 Å². The maximum absolute atomic E-state index is 12.2. The number of phenolic OH excluding ortho intramolecular Hbond substituents is 1. The zero-order valence-corrected chi connectivity index (χ0v) is 14.3. The molecule has 0 saturated carbocycles. The molecule has 3 N–H and O–H groups in total. The number of carbonyl (C=O) groups is 1. The minimum atomic E-state index is -0.434. The summed E-state index contributed by atoms with van der Waals surface area (Å²) in [6.07, 6.45) is 1.84. The van der Waals surface area contributed by atoms with Crippen molar-refractivity contribution in [3.05, 3.63) is 64.1 Å². The number of aromatic hydroxyl groups is 1. The van der Waals surface area contributed by atoms with Gasteiger partial charge in [0.1, 0.15) is 11.5 Å². The summed E-state index contributed by atoms with van der Waals surface area (Å²) in [5, 5.41) is 9.76. The van der Waals surface area contributed by atoms with Gasteiger partial charge in [0.05, 0.1) is 18.4 Å². The number of hydrogen-bond donors (Lipinski definition) is 3. The Morgan fingerprint density at radius 1 is 1.17 bits per heavy atom. The average Bonchev–Trinajstić information content (AvgIpc) is 2.58. The number of nitrogens with one attached hydrogen (secondary N) is 2. The molecule has 5 nitrogen and oxygen atoms in total. The SMILES string of the molecule is C/C=C(\NNC(=O)c1cc(Br)ccc1O)c1ccc(OC)cc1. The largest absolute Gasteiger partial charge is 0.507 e. The van der Waals surface area contributed by atoms with E-state index in [-0.39, 0.29) is 11.3 Å². The summed E-state index contributed by atoms with van der Waals surface area (Å²) in [6.45, 7) is 1.86. The molecule has 0 bridgehead atoms. The van der Waals surface area contributed by atoms with Crippen molar-refractivity contribution in [2.75, 3.05) is 7.11 Å². The van der Waals surface area contributed by atoms with Crippen LogP contribution in [-0.4, -0.2) is 18.1 Å². The van der Waals surface area contributed by atoms with Gasteiger partial charge in [0.2, 0.25) is 0 Å². The molecule has 120 valence electrons. The normalized spacial score (nSPS) is 11.0. The van der Waals surface area contributed by atoms with Gasteiger partial charge in [-0.3, -0.25) is 15.6 Å². The van der Waals surface area contributed by atoms with E-state index in [4.69, 9.17) is 4.74 Å². The predicted molar refractivity (Wildman–Crippen MR) is 93.1 cm³/mol. The van der Waals surface area contributed by atoms with Crippen molar-refractivity contribution >= 4 is 27.5 Å². The molecular formula is C17H17BrN2O3. The van der Waals surface area contributed by atoms with E-state index in [9.17, 15) is 9.90 Å². The molecule has 0 aromatic heterocycles. The van der Waals surface area contributed by atoms with Crippen molar-refractivity contribution in [2.24, 2.45) is 0 Å². The highest BCUT2D eigenvalue weighted by Gasteiger charge is 2.12. The highest BCUT2D eigenvalue weighted by atomic mass is 79.9. The fourth-order valence-electron chi connectivity index (χ4n) is 1.96. The molecular weight excluding hydrogens is 360 g/mol. The van der Waals surface area contributed by atoms with E-state index in [1.54, 1.807) is 19.2 Å². The van der Waals surface area contributed by atoms with E-state index in [2.05, 4.69) is 26.8 Å². The molecule has 0 radical (unpaired) electrons. The summed E-state index contributed by atoms with van der Waals surface area (Å²) >= 11 is 3.27.